The van der Waals surface area contributed by atoms with Crippen LogP contribution >= 0.6 is 0 Å². The van der Waals surface area contributed by atoms with E-state index >= 15 is 0 Å². The fourth-order valence-corrected chi connectivity index (χ4v) is 2.46. The number of ether oxygens (including phenoxy) is 1. The van der Waals surface area contributed by atoms with E-state index < -0.39 is 8.56 Å². The minimum absolute atomic E-state index is 0.614. The Labute approximate surface area is 89.0 Å². The summed E-state index contributed by atoms with van der Waals surface area (Å²) in [6.45, 7) is 8.05. The molecule has 4 heteroatoms. The second kappa shape index (κ2) is 7.40. The summed E-state index contributed by atoms with van der Waals surface area (Å²) in [5, 5.41) is 0. The van der Waals surface area contributed by atoms with Crippen molar-refractivity contribution in [2.45, 2.75) is 32.9 Å². The first-order chi connectivity index (χ1) is 6.54. The Kier molecular flexibility index (Phi) is 7.45. The molecule has 0 bridgehead atoms. The quantitative estimate of drug-likeness (QED) is 0.464. The van der Waals surface area contributed by atoms with Gasteiger partial charge in [-0.3, -0.25) is 0 Å². The van der Waals surface area contributed by atoms with E-state index in [1.807, 2.05) is 0 Å². The lowest BCUT2D eigenvalue weighted by Crippen LogP contribution is -2.36. The molecule has 3 nitrogen and oxygen atoms in total. The SMILES string of the molecule is CO[Si](C)(CCCOCC(C)C)OC. The molecule has 0 unspecified atom stereocenters. The van der Waals surface area contributed by atoms with Crippen molar-refractivity contribution in [3.05, 3.63) is 0 Å². The normalized spacial score (nSPS) is 12.4. The van der Waals surface area contributed by atoms with Gasteiger partial charge in [0.25, 0.3) is 0 Å². The van der Waals surface area contributed by atoms with E-state index in [0.717, 1.165) is 25.7 Å². The first-order valence-corrected chi connectivity index (χ1v) is 7.74. The molecule has 0 aliphatic rings. The monoisotopic (exact) mass is 220 g/mol. The summed E-state index contributed by atoms with van der Waals surface area (Å²) in [7, 11) is 1.60. The third-order valence-electron chi connectivity index (χ3n) is 2.23. The molecule has 0 heterocycles. The van der Waals surface area contributed by atoms with Crippen LogP contribution in [0, 0.1) is 5.92 Å². The first kappa shape index (κ1) is 14.1. The molecular formula is C10H24O3Si. The van der Waals surface area contributed by atoms with Gasteiger partial charge in [-0.1, -0.05) is 13.8 Å². The summed E-state index contributed by atoms with van der Waals surface area (Å²) >= 11 is 0. The van der Waals surface area contributed by atoms with Crippen LogP contribution < -0.4 is 0 Å². The average Bonchev–Trinajstić information content (AvgIpc) is 2.16. The molecule has 0 spiro atoms. The molecule has 0 saturated heterocycles. The topological polar surface area (TPSA) is 27.7 Å². The maximum Gasteiger partial charge on any atom is 0.334 e. The van der Waals surface area contributed by atoms with Crippen LogP contribution in [0.15, 0.2) is 0 Å². The summed E-state index contributed by atoms with van der Waals surface area (Å²) in [5.74, 6) is 0.614. The summed E-state index contributed by atoms with van der Waals surface area (Å²) in [6, 6.07) is 0.998. The van der Waals surface area contributed by atoms with Crippen LogP contribution in [0.5, 0.6) is 0 Å². The van der Waals surface area contributed by atoms with Crippen molar-refractivity contribution in [2.24, 2.45) is 5.92 Å². The molecule has 0 aromatic rings. The van der Waals surface area contributed by atoms with Gasteiger partial charge in [-0.2, -0.15) is 0 Å². The number of rotatable bonds is 8. The van der Waals surface area contributed by atoms with E-state index in [2.05, 4.69) is 20.4 Å². The van der Waals surface area contributed by atoms with Gasteiger partial charge in [0, 0.05) is 27.4 Å². The van der Waals surface area contributed by atoms with Crippen molar-refractivity contribution in [3.63, 3.8) is 0 Å². The van der Waals surface area contributed by atoms with Gasteiger partial charge in [-0.05, 0) is 24.9 Å². The van der Waals surface area contributed by atoms with E-state index in [4.69, 9.17) is 13.6 Å². The third kappa shape index (κ3) is 6.54. The van der Waals surface area contributed by atoms with Crippen LogP contribution in [-0.2, 0) is 13.6 Å². The smallest absolute Gasteiger partial charge is 0.334 e. The molecule has 0 rings (SSSR count). The molecule has 0 radical (unpaired) electrons. The van der Waals surface area contributed by atoms with Crippen LogP contribution in [0.3, 0.4) is 0 Å². The van der Waals surface area contributed by atoms with Gasteiger partial charge in [-0.15, -0.1) is 0 Å². The second-order valence-electron chi connectivity index (χ2n) is 4.11. The molecule has 0 aromatic heterocycles. The van der Waals surface area contributed by atoms with Crippen LogP contribution in [-0.4, -0.2) is 36.0 Å². The maximum absolute atomic E-state index is 5.49. The summed E-state index contributed by atoms with van der Waals surface area (Å²) in [5.41, 5.74) is 0. The first-order valence-electron chi connectivity index (χ1n) is 5.22. The van der Waals surface area contributed by atoms with Crippen LogP contribution in [0.1, 0.15) is 20.3 Å². The lowest BCUT2D eigenvalue weighted by Gasteiger charge is -2.22. The average molecular weight is 220 g/mol. The second-order valence-corrected chi connectivity index (χ2v) is 7.70. The Hall–Kier alpha value is 0.0969. The summed E-state index contributed by atoms with van der Waals surface area (Å²) < 4.78 is 16.2. The fourth-order valence-electron chi connectivity index (χ4n) is 1.10. The molecule has 86 valence electrons. The molecule has 14 heavy (non-hydrogen) atoms. The van der Waals surface area contributed by atoms with Gasteiger partial charge < -0.3 is 13.6 Å². The molecule has 0 aliphatic carbocycles. The lowest BCUT2D eigenvalue weighted by atomic mass is 10.2. The van der Waals surface area contributed by atoms with Gasteiger partial charge >= 0.3 is 8.56 Å². The van der Waals surface area contributed by atoms with E-state index in [0.29, 0.717) is 5.92 Å². The van der Waals surface area contributed by atoms with Crippen molar-refractivity contribution in [2.75, 3.05) is 27.4 Å². The minimum Gasteiger partial charge on any atom is -0.398 e. The van der Waals surface area contributed by atoms with Gasteiger partial charge in [-0.25, -0.2) is 0 Å². The number of hydrogen-bond acceptors (Lipinski definition) is 3. The molecule has 0 N–H and O–H groups in total. The Balaban J connectivity index is 3.43. The predicted octanol–water partition coefficient (Wildman–Crippen LogP) is 2.41. The van der Waals surface area contributed by atoms with Crippen molar-refractivity contribution in [1.82, 2.24) is 0 Å². The van der Waals surface area contributed by atoms with E-state index in [-0.39, 0.29) is 0 Å². The zero-order chi connectivity index (χ0) is 11.0. The van der Waals surface area contributed by atoms with Gasteiger partial charge in [0.05, 0.1) is 0 Å². The zero-order valence-electron chi connectivity index (χ0n) is 10.1. The summed E-state index contributed by atoms with van der Waals surface area (Å²) in [6.07, 6.45) is 1.02. The molecule has 0 fully saturated rings. The highest BCUT2D eigenvalue weighted by Gasteiger charge is 2.27. The largest absolute Gasteiger partial charge is 0.398 e. The Bertz CT molecular complexity index is 135. The molecule has 0 saturated carbocycles. The van der Waals surface area contributed by atoms with Crippen LogP contribution in [0.2, 0.25) is 12.6 Å². The van der Waals surface area contributed by atoms with Crippen LogP contribution in [0.25, 0.3) is 0 Å². The Morgan fingerprint density at radius 3 is 2.14 bits per heavy atom. The van der Waals surface area contributed by atoms with E-state index in [9.17, 15) is 0 Å². The Morgan fingerprint density at radius 2 is 1.71 bits per heavy atom. The highest BCUT2D eigenvalue weighted by molar-refractivity contribution is 6.65. The van der Waals surface area contributed by atoms with Crippen molar-refractivity contribution in [3.8, 4) is 0 Å². The molecular weight excluding hydrogens is 196 g/mol. The fraction of sp³-hybridized carbons (Fsp3) is 1.00. The number of hydrogen-bond donors (Lipinski definition) is 0. The maximum atomic E-state index is 5.49. The minimum atomic E-state index is -1.85. The lowest BCUT2D eigenvalue weighted by molar-refractivity contribution is 0.108. The van der Waals surface area contributed by atoms with Gasteiger partial charge in [0.15, 0.2) is 0 Å². The van der Waals surface area contributed by atoms with Gasteiger partial charge in [0.1, 0.15) is 0 Å². The van der Waals surface area contributed by atoms with E-state index in [1.165, 1.54) is 0 Å². The van der Waals surface area contributed by atoms with Crippen LogP contribution in [0.4, 0.5) is 0 Å². The van der Waals surface area contributed by atoms with Crippen molar-refractivity contribution in [1.29, 1.82) is 0 Å². The molecule has 0 atom stereocenters. The van der Waals surface area contributed by atoms with Gasteiger partial charge in [0.2, 0.25) is 0 Å². The highest BCUT2D eigenvalue weighted by atomic mass is 28.4. The predicted molar refractivity (Wildman–Crippen MR) is 60.7 cm³/mol. The van der Waals surface area contributed by atoms with Crippen molar-refractivity contribution >= 4 is 8.56 Å². The molecule has 0 aliphatic heterocycles. The summed E-state index contributed by atoms with van der Waals surface area (Å²) in [4.78, 5) is 0. The van der Waals surface area contributed by atoms with Crippen molar-refractivity contribution < 1.29 is 13.6 Å². The molecule has 0 aromatic carbocycles. The Morgan fingerprint density at radius 1 is 1.14 bits per heavy atom. The third-order valence-corrected chi connectivity index (χ3v) is 5.22. The van der Waals surface area contributed by atoms with E-state index in [1.54, 1.807) is 14.2 Å². The zero-order valence-corrected chi connectivity index (χ0v) is 11.1. The standard InChI is InChI=1S/C10H24O3Si/c1-10(2)9-13-7-6-8-14(5,11-3)12-4/h10H,6-9H2,1-5H3. The highest BCUT2D eigenvalue weighted by Crippen LogP contribution is 2.13. The molecule has 0 amide bonds.